The van der Waals surface area contributed by atoms with Crippen molar-refractivity contribution < 1.29 is 43.1 Å². The summed E-state index contributed by atoms with van der Waals surface area (Å²) in [4.78, 5) is 134. The molecule has 27 nitrogen and oxygen atoms in total. The topological polar surface area (TPSA) is 372 Å². The van der Waals surface area contributed by atoms with Crippen LogP contribution in [0.3, 0.4) is 0 Å². The first kappa shape index (κ1) is 110. The van der Waals surface area contributed by atoms with Crippen molar-refractivity contribution in [3.8, 4) is 28.0 Å². The average molecular weight is 2020 g/mol. The first-order chi connectivity index (χ1) is 69.1. The molecule has 5 aromatic carbocycles. The summed E-state index contributed by atoms with van der Waals surface area (Å²) < 4.78 is 5.27. The van der Waals surface area contributed by atoms with E-state index in [1.54, 1.807) is 63.0 Å². The van der Waals surface area contributed by atoms with Crippen molar-refractivity contribution in [2.75, 3.05) is 54.9 Å². The summed E-state index contributed by atoms with van der Waals surface area (Å²) in [5.74, 6) is 7.23. The van der Waals surface area contributed by atoms with Gasteiger partial charge in [-0.1, -0.05) is 270 Å². The van der Waals surface area contributed by atoms with Crippen LogP contribution in [0.25, 0.3) is 22.3 Å². The van der Waals surface area contributed by atoms with Gasteiger partial charge >= 0.3 is 6.03 Å². The number of hydrogen-bond acceptors (Lipinski definition) is 19. The highest BCUT2D eigenvalue weighted by Crippen LogP contribution is 2.48. The smallest absolute Gasteiger partial charge is 0.318 e. The number of halogens is 2. The Labute approximate surface area is 866 Å². The molecule has 7 heterocycles. The van der Waals surface area contributed by atoms with Gasteiger partial charge in [0.25, 0.3) is 23.6 Å². The number of amides is 8. The minimum atomic E-state index is -0.978. The molecule has 13 aliphatic rings. The number of methoxy groups -OCH3 is 1. The third-order valence-electron chi connectivity index (χ3n) is 34.2. The molecule has 5 aromatic rings. The van der Waals surface area contributed by atoms with Crippen LogP contribution in [0.2, 0.25) is 10.0 Å². The number of likely N-dealkylation sites (N-methyl/N-ethyl adjacent to an activating group) is 4. The fourth-order valence-corrected chi connectivity index (χ4v) is 25.8. The van der Waals surface area contributed by atoms with Crippen LogP contribution in [0.15, 0.2) is 135 Å². The van der Waals surface area contributed by atoms with E-state index >= 15 is 0 Å². The number of carbonyl (C=O) groups is 8. The summed E-state index contributed by atoms with van der Waals surface area (Å²) in [6.07, 6.45) is 49.2. The van der Waals surface area contributed by atoms with Gasteiger partial charge < -0.3 is 47.7 Å². The lowest BCUT2D eigenvalue weighted by Crippen LogP contribution is -2.45. The van der Waals surface area contributed by atoms with Gasteiger partial charge in [-0.05, 0) is 251 Å². The molecule has 8 amide bonds. The Hall–Kier alpha value is -9.96. The van der Waals surface area contributed by atoms with Crippen molar-refractivity contribution in [3.05, 3.63) is 148 Å². The molecule has 0 aromatic heterocycles. The molecule has 0 bridgehead atoms. The zero-order valence-corrected chi connectivity index (χ0v) is 89.1. The first-order valence-electron chi connectivity index (χ1n) is 54.8. The quantitative estimate of drug-likeness (QED) is 0.0205. The highest BCUT2D eigenvalue weighted by Gasteiger charge is 2.54. The minimum absolute atomic E-state index is 0.0272. The average Bonchev–Trinajstić information content (AvgIpc) is 1.64. The number of likely N-dealkylation sites (tertiary alicyclic amines) is 1. The van der Waals surface area contributed by atoms with E-state index in [2.05, 4.69) is 53.7 Å². The summed E-state index contributed by atoms with van der Waals surface area (Å²) >= 11 is 12.2. The molecule has 10 atom stereocenters. The molecule has 144 heavy (non-hydrogen) atoms. The van der Waals surface area contributed by atoms with Gasteiger partial charge in [-0.3, -0.25) is 64.2 Å². The van der Waals surface area contributed by atoms with Crippen LogP contribution in [-0.4, -0.2) is 189 Å². The summed E-state index contributed by atoms with van der Waals surface area (Å²) in [5.41, 5.74) is 34.2. The highest BCUT2D eigenvalue weighted by molar-refractivity contribution is 6.35. The Morgan fingerprint density at radius 2 is 0.924 bits per heavy atom. The number of nitrogens with one attached hydrogen (secondary N) is 2. The SMILES string of the molecule is CCCCC(=O)C1CC[C@H](C[C@]2(CCC3CCCCC3)N=C(N)N(C)C2=O)C1.CCCC[C@H]1CN(Cc2ccc(CN3C(=O)[C@@](CCC4CCCCC4)(CC4CCCCC4)N=C3N)cc2)C(=O)N1.CN1C(=O)C(C)(c2cccc(-c3cc(Cl)cc(Cl)c3)c2)NC1N.CN1C(=O)[C@](CCC2CCCCC2)(C[C@H]2CCN(C(=O)CC3CCCC3)C2)N=C1N.COc1cccc(-c2cccc(C3(C)N=C(N)N(C)C3=O)c2)c1. The predicted molar refractivity (Wildman–Crippen MR) is 576 cm³/mol. The summed E-state index contributed by atoms with van der Waals surface area (Å²) in [5, 5.41) is 7.40. The zero-order valence-electron chi connectivity index (χ0n) is 87.6. The minimum Gasteiger partial charge on any atom is -0.497 e. The normalized spacial score (nSPS) is 27.1. The van der Waals surface area contributed by atoms with E-state index in [4.69, 9.17) is 71.6 Å². The maximum atomic E-state index is 14.1. The number of Topliss-reactive ketones (excluding diaryl/α,β-unsaturated/α-hetero) is 1. The van der Waals surface area contributed by atoms with Gasteiger partial charge in [-0.15, -0.1) is 0 Å². The van der Waals surface area contributed by atoms with E-state index in [9.17, 15) is 38.4 Å². The number of nitrogens with two attached hydrogens (primary N) is 5. The lowest BCUT2D eigenvalue weighted by Gasteiger charge is -2.33. The zero-order chi connectivity index (χ0) is 103. The maximum Gasteiger partial charge on any atom is 0.318 e. The summed E-state index contributed by atoms with van der Waals surface area (Å²) in [6.45, 7) is 11.4. The van der Waals surface area contributed by atoms with Crippen molar-refractivity contribution >= 4 is 94.3 Å². The van der Waals surface area contributed by atoms with Gasteiger partial charge in [-0.25, -0.2) is 24.8 Å². The molecule has 4 unspecified atom stereocenters. The second-order valence-electron chi connectivity index (χ2n) is 44.7. The largest absolute Gasteiger partial charge is 0.497 e. The van der Waals surface area contributed by atoms with E-state index < -0.39 is 34.0 Å². The maximum absolute atomic E-state index is 14.1. The molecule has 6 saturated carbocycles. The van der Waals surface area contributed by atoms with E-state index in [1.165, 1.54) is 164 Å². The number of nitrogens with zero attached hydrogens (tertiary/aromatic N) is 11. The van der Waals surface area contributed by atoms with Gasteiger partial charge in [0, 0.05) is 89.2 Å². The number of aliphatic imine (C=N–C) groups is 4. The molecule has 3 saturated heterocycles. The van der Waals surface area contributed by atoms with Crippen molar-refractivity contribution in [2.24, 2.45) is 96.0 Å². The van der Waals surface area contributed by atoms with Crippen LogP contribution in [0.5, 0.6) is 5.75 Å². The molecule has 0 radical (unpaired) electrons. The Bertz CT molecular complexity index is 5350. The van der Waals surface area contributed by atoms with Crippen molar-refractivity contribution in [2.45, 2.75) is 363 Å². The molecular weight excluding hydrogens is 1850 g/mol. The Kier molecular flexibility index (Phi) is 38.2. The van der Waals surface area contributed by atoms with Crippen LogP contribution < -0.4 is 44.0 Å². The van der Waals surface area contributed by atoms with Crippen LogP contribution in [0.4, 0.5) is 4.79 Å². The third-order valence-corrected chi connectivity index (χ3v) is 34.6. The number of benzene rings is 5. The molecule has 12 N–H and O–H groups in total. The molecule has 29 heteroatoms. The number of unbranched alkanes of at least 4 members (excludes halogenated alkanes) is 2. The Balaban J connectivity index is 0.000000145. The number of urea groups is 1. The standard InChI is InChI=1S/C33H51N5O2.C24H40N4O2.C23H39N3O2.C18H19N3O2.C17H17Cl2N3O/c1-2-3-14-29-24-37(32(40)35-29)22-27-15-17-28(18-16-27)23-38-30(39)33(36-31(38)34,21-26-12-8-5-9-13-26)20-19-25-10-6-4-7-11-25;1-27-22(30)24(26-23(27)25,13-11-18-7-3-2-4-8-18)16-20-12-14-28(17-20)21(29)15-19-9-5-6-10-19;1-3-4-10-20(27)19-12-11-18(15-19)16-23(21(28)26(2)22(24)25-23)14-13-17-8-6-5-7-9-17;1-18(16(22)21(2)17(19)20-18)14-8-4-6-12(10-14)13-7-5-9-15(11-13)23-3;1-17(15(23)22(2)16(20)21-17)12-5-3-4-10(6-12)11-7-13(18)9-14(19)8-11/h15-18,25-26,29H,2-14,19-24H2,1H3,(H2,34,36)(H,35,40);18-20H,2-17H2,1H3,(H2,25,26);17-19H,3-16H2,1-2H3,(H2,24,25);4-11H,1-3H3,(H2,19,20);3-9,16,21H,20H2,1-2H3/t29-,33+;20-,24+;18-,19?,23-;;/m010../s1. The van der Waals surface area contributed by atoms with Crippen LogP contribution in [-0.2, 0) is 57.7 Å². The lowest BCUT2D eigenvalue weighted by atomic mass is 9.75. The fraction of sp³-hybridized carbons (Fsp3) is 0.635. The van der Waals surface area contributed by atoms with Gasteiger partial charge in [0.05, 0.1) is 13.7 Å². The van der Waals surface area contributed by atoms with Crippen molar-refractivity contribution in [1.29, 1.82) is 0 Å². The number of carbonyl (C=O) groups excluding carboxylic acids is 8. The lowest BCUT2D eigenvalue weighted by molar-refractivity contribution is -0.133. The van der Waals surface area contributed by atoms with Gasteiger partial charge in [0.15, 0.2) is 29.4 Å². The van der Waals surface area contributed by atoms with Gasteiger partial charge in [-0.2, -0.15) is 0 Å². The number of guanidine groups is 4. The monoisotopic (exact) mass is 2010 g/mol. The predicted octanol–water partition coefficient (Wildman–Crippen LogP) is 20.2. The number of rotatable bonds is 33. The Morgan fingerprint density at radius 3 is 1.44 bits per heavy atom. The number of hydrogen-bond donors (Lipinski definition) is 7. The molecule has 9 fully saturated rings. The molecule has 6 aliphatic carbocycles. The van der Waals surface area contributed by atoms with Crippen LogP contribution >= 0.6 is 23.2 Å². The van der Waals surface area contributed by atoms with Crippen molar-refractivity contribution in [3.63, 3.8) is 0 Å². The fourth-order valence-electron chi connectivity index (χ4n) is 25.3. The van der Waals surface area contributed by atoms with E-state index in [-0.39, 0.29) is 53.5 Å². The first-order valence-corrected chi connectivity index (χ1v) is 55.5. The second-order valence-corrected chi connectivity index (χ2v) is 45.6. The highest BCUT2D eigenvalue weighted by atomic mass is 35.5. The summed E-state index contributed by atoms with van der Waals surface area (Å²) in [7, 11) is 8.45. The second kappa shape index (κ2) is 50.2. The van der Waals surface area contributed by atoms with Gasteiger partial charge in [0.2, 0.25) is 11.8 Å². The molecule has 7 aliphatic heterocycles. The molecule has 784 valence electrons. The number of ketones is 1. The number of ether oxygens (including phenoxy) is 1. The summed E-state index contributed by atoms with van der Waals surface area (Å²) in [6, 6.07) is 37.3. The molecule has 18 rings (SSSR count). The van der Waals surface area contributed by atoms with E-state index in [1.807, 2.05) is 102 Å². The third kappa shape index (κ3) is 27.1. The molecular formula is C115H166Cl2N18O9. The molecule has 0 spiro atoms. The van der Waals surface area contributed by atoms with E-state index in [0.717, 1.165) is 203 Å². The van der Waals surface area contributed by atoms with Crippen LogP contribution in [0, 0.1) is 47.3 Å². The van der Waals surface area contributed by atoms with E-state index in [0.29, 0.717) is 89.2 Å². The van der Waals surface area contributed by atoms with Crippen LogP contribution in [0.1, 0.15) is 332 Å². The Morgan fingerprint density at radius 1 is 0.458 bits per heavy atom. The van der Waals surface area contributed by atoms with Gasteiger partial charge in [0.1, 0.15) is 40.0 Å². The van der Waals surface area contributed by atoms with Crippen molar-refractivity contribution in [1.82, 2.24) is 44.9 Å².